The molecule has 0 saturated heterocycles. The van der Waals surface area contributed by atoms with Crippen LogP contribution in [0.1, 0.15) is 36.1 Å². The minimum absolute atomic E-state index is 0.000989. The van der Waals surface area contributed by atoms with Crippen molar-refractivity contribution < 1.29 is 22.4 Å². The highest BCUT2D eigenvalue weighted by Gasteiger charge is 2.35. The number of hydrogen-bond acceptors (Lipinski definition) is 4. The Labute approximate surface area is 269 Å². The molecule has 0 fully saturated rings. The lowest BCUT2D eigenvalue weighted by molar-refractivity contribution is -0.140. The first-order valence-electron chi connectivity index (χ1n) is 14.6. The normalized spacial score (nSPS) is 12.1. The Balaban J connectivity index is 1.82. The summed E-state index contributed by atoms with van der Waals surface area (Å²) in [5, 5.41) is 3.25. The molecule has 1 N–H and O–H groups in total. The number of carbonyl (C=O) groups is 2. The maximum absolute atomic E-state index is 14.4. The van der Waals surface area contributed by atoms with E-state index in [4.69, 9.17) is 11.6 Å². The number of sulfonamides is 1. The van der Waals surface area contributed by atoms with Crippen LogP contribution >= 0.6 is 11.6 Å². The molecule has 4 aromatic rings. The molecule has 1 atom stereocenters. The lowest BCUT2D eigenvalue weighted by atomic mass is 10.0. The molecule has 2 amide bonds. The van der Waals surface area contributed by atoms with Gasteiger partial charge >= 0.3 is 0 Å². The SMILES string of the molecule is Cc1ccc(S(=O)(=O)N(CC(=O)N(Cc2ccc(F)cc2)[C@H](Cc2ccccc2)C(=O)NC(C)C)c2ccc(C)c(Cl)c2)cc1. The largest absolute Gasteiger partial charge is 0.352 e. The van der Waals surface area contributed by atoms with Crippen molar-refractivity contribution in [3.8, 4) is 0 Å². The van der Waals surface area contributed by atoms with Crippen LogP contribution in [0.15, 0.2) is 102 Å². The molecule has 10 heteroatoms. The van der Waals surface area contributed by atoms with Gasteiger partial charge in [-0.25, -0.2) is 12.8 Å². The third-order valence-electron chi connectivity index (χ3n) is 7.30. The fourth-order valence-corrected chi connectivity index (χ4v) is 6.41. The Morgan fingerprint density at radius 3 is 2.11 bits per heavy atom. The summed E-state index contributed by atoms with van der Waals surface area (Å²) in [6, 6.07) is 24.8. The predicted molar refractivity (Wildman–Crippen MR) is 176 cm³/mol. The number of benzene rings is 4. The van der Waals surface area contributed by atoms with Crippen LogP contribution in [-0.4, -0.2) is 43.8 Å². The molecule has 0 bridgehead atoms. The van der Waals surface area contributed by atoms with Gasteiger partial charge in [-0.05, 0) is 80.8 Å². The second-order valence-electron chi connectivity index (χ2n) is 11.3. The molecule has 0 radical (unpaired) electrons. The molecule has 0 unspecified atom stereocenters. The van der Waals surface area contributed by atoms with Gasteiger partial charge in [-0.2, -0.15) is 0 Å². The zero-order valence-corrected chi connectivity index (χ0v) is 27.3. The first-order chi connectivity index (χ1) is 21.3. The number of hydrogen-bond donors (Lipinski definition) is 1. The summed E-state index contributed by atoms with van der Waals surface area (Å²) in [5.41, 5.74) is 3.21. The third kappa shape index (κ3) is 8.71. The van der Waals surface area contributed by atoms with Gasteiger partial charge in [0.15, 0.2) is 0 Å². The Morgan fingerprint density at radius 2 is 1.51 bits per heavy atom. The third-order valence-corrected chi connectivity index (χ3v) is 9.49. The van der Waals surface area contributed by atoms with E-state index in [0.29, 0.717) is 10.6 Å². The number of nitrogens with one attached hydrogen (secondary N) is 1. The van der Waals surface area contributed by atoms with Gasteiger partial charge in [-0.3, -0.25) is 13.9 Å². The molecule has 0 spiro atoms. The summed E-state index contributed by atoms with van der Waals surface area (Å²) in [5.74, 6) is -1.45. The molecule has 7 nitrogen and oxygen atoms in total. The molecule has 0 aliphatic carbocycles. The van der Waals surface area contributed by atoms with Crippen LogP contribution in [0.3, 0.4) is 0 Å². The molecule has 0 heterocycles. The van der Waals surface area contributed by atoms with Crippen molar-refractivity contribution in [3.63, 3.8) is 0 Å². The molecule has 0 saturated carbocycles. The molecule has 4 rings (SSSR count). The minimum Gasteiger partial charge on any atom is -0.352 e. The summed E-state index contributed by atoms with van der Waals surface area (Å²) < 4.78 is 43.1. The van der Waals surface area contributed by atoms with Gasteiger partial charge < -0.3 is 10.2 Å². The van der Waals surface area contributed by atoms with Gasteiger partial charge in [-0.1, -0.05) is 77.8 Å². The van der Waals surface area contributed by atoms with E-state index in [1.54, 1.807) is 31.2 Å². The number of rotatable bonds is 12. The number of amides is 2. The van der Waals surface area contributed by atoms with Crippen molar-refractivity contribution in [2.45, 2.75) is 57.6 Å². The molecular weight excluding hydrogens is 613 g/mol. The fraction of sp³-hybridized carbons (Fsp3) is 0.257. The maximum atomic E-state index is 14.4. The number of aryl methyl sites for hydroxylation is 2. The first-order valence-corrected chi connectivity index (χ1v) is 16.4. The van der Waals surface area contributed by atoms with Crippen molar-refractivity contribution in [3.05, 3.63) is 130 Å². The van der Waals surface area contributed by atoms with Crippen LogP contribution < -0.4 is 9.62 Å². The van der Waals surface area contributed by atoms with Crippen molar-refractivity contribution in [2.75, 3.05) is 10.8 Å². The maximum Gasteiger partial charge on any atom is 0.264 e. The quantitative estimate of drug-likeness (QED) is 0.191. The molecule has 236 valence electrons. The summed E-state index contributed by atoms with van der Waals surface area (Å²) in [6.45, 7) is 6.61. The lowest BCUT2D eigenvalue weighted by Gasteiger charge is -2.34. The molecule has 0 aliphatic heterocycles. The van der Waals surface area contributed by atoms with E-state index in [0.717, 1.165) is 21.0 Å². The average molecular weight is 650 g/mol. The average Bonchev–Trinajstić information content (AvgIpc) is 3.00. The highest BCUT2D eigenvalue weighted by Crippen LogP contribution is 2.29. The lowest BCUT2D eigenvalue weighted by Crippen LogP contribution is -2.54. The van der Waals surface area contributed by atoms with E-state index in [1.165, 1.54) is 47.4 Å². The van der Waals surface area contributed by atoms with Crippen LogP contribution in [0.2, 0.25) is 5.02 Å². The summed E-state index contributed by atoms with van der Waals surface area (Å²) >= 11 is 6.42. The van der Waals surface area contributed by atoms with E-state index in [-0.39, 0.29) is 29.6 Å². The second kappa shape index (κ2) is 14.7. The molecule has 0 aliphatic rings. The topological polar surface area (TPSA) is 86.8 Å². The van der Waals surface area contributed by atoms with Crippen molar-refractivity contribution >= 4 is 39.1 Å². The van der Waals surface area contributed by atoms with Gasteiger partial charge in [-0.15, -0.1) is 0 Å². The van der Waals surface area contributed by atoms with E-state index in [1.807, 2.05) is 51.1 Å². The van der Waals surface area contributed by atoms with Crippen LogP contribution in [0, 0.1) is 19.7 Å². The van der Waals surface area contributed by atoms with Gasteiger partial charge in [0.05, 0.1) is 10.6 Å². The van der Waals surface area contributed by atoms with Gasteiger partial charge in [0, 0.05) is 24.0 Å². The molecule has 4 aromatic carbocycles. The molecular formula is C35H37ClFN3O4S. The van der Waals surface area contributed by atoms with Crippen LogP contribution in [0.4, 0.5) is 10.1 Å². The van der Waals surface area contributed by atoms with Crippen molar-refractivity contribution in [2.24, 2.45) is 0 Å². The Kier molecular flexibility index (Phi) is 11.0. The summed E-state index contributed by atoms with van der Waals surface area (Å²) in [6.07, 6.45) is 0.174. The smallest absolute Gasteiger partial charge is 0.264 e. The standard InChI is InChI=1S/C35H37ClFN3O4S/c1-24(2)38-35(42)33(20-27-8-6-5-7-9-27)39(22-28-13-15-29(37)16-14-28)34(41)23-40(30-17-12-26(4)32(36)21-30)45(43,44)31-18-10-25(3)11-19-31/h5-19,21,24,33H,20,22-23H2,1-4H3,(H,38,42)/t33-/m1/s1. The van der Waals surface area contributed by atoms with Crippen molar-refractivity contribution in [1.29, 1.82) is 0 Å². The highest BCUT2D eigenvalue weighted by molar-refractivity contribution is 7.92. The summed E-state index contributed by atoms with van der Waals surface area (Å²) in [4.78, 5) is 29.5. The molecule has 45 heavy (non-hydrogen) atoms. The van der Waals surface area contributed by atoms with Gasteiger partial charge in [0.1, 0.15) is 18.4 Å². The number of nitrogens with zero attached hydrogens (tertiary/aromatic N) is 2. The van der Waals surface area contributed by atoms with E-state index < -0.39 is 40.2 Å². The number of carbonyl (C=O) groups excluding carboxylic acids is 2. The molecule has 0 aromatic heterocycles. The Hall–Kier alpha value is -4.21. The predicted octanol–water partition coefficient (Wildman–Crippen LogP) is 6.46. The Morgan fingerprint density at radius 1 is 0.867 bits per heavy atom. The van der Waals surface area contributed by atoms with E-state index >= 15 is 0 Å². The van der Waals surface area contributed by atoms with E-state index in [2.05, 4.69) is 5.32 Å². The number of halogens is 2. The number of anilines is 1. The zero-order chi connectivity index (χ0) is 32.7. The van der Waals surface area contributed by atoms with Crippen LogP contribution in [0.5, 0.6) is 0 Å². The zero-order valence-electron chi connectivity index (χ0n) is 25.7. The van der Waals surface area contributed by atoms with Gasteiger partial charge in [0.2, 0.25) is 11.8 Å². The van der Waals surface area contributed by atoms with Crippen molar-refractivity contribution in [1.82, 2.24) is 10.2 Å². The highest BCUT2D eigenvalue weighted by atomic mass is 35.5. The second-order valence-corrected chi connectivity index (χ2v) is 13.5. The monoisotopic (exact) mass is 649 g/mol. The van der Waals surface area contributed by atoms with Gasteiger partial charge in [0.25, 0.3) is 10.0 Å². The summed E-state index contributed by atoms with van der Waals surface area (Å²) in [7, 11) is -4.25. The van der Waals surface area contributed by atoms with Crippen LogP contribution in [0.25, 0.3) is 0 Å². The van der Waals surface area contributed by atoms with E-state index in [9.17, 15) is 22.4 Å². The minimum atomic E-state index is -4.25. The fourth-order valence-electron chi connectivity index (χ4n) is 4.82. The first kappa shape index (κ1) is 33.7. The Bertz CT molecular complexity index is 1730. The van der Waals surface area contributed by atoms with Crippen LogP contribution in [-0.2, 0) is 32.6 Å².